The fraction of sp³-hybridized carbons (Fsp3) is 0.818. The molecule has 1 aromatic heterocycles. The normalized spacial score (nSPS) is 11.2. The summed E-state index contributed by atoms with van der Waals surface area (Å²) < 4.78 is 0. The van der Waals surface area contributed by atoms with Gasteiger partial charge in [-0.3, -0.25) is 4.98 Å². The highest BCUT2D eigenvalue weighted by Gasteiger charge is 2.05. The van der Waals surface area contributed by atoms with Gasteiger partial charge in [0.25, 0.3) is 0 Å². The predicted octanol–water partition coefficient (Wildman–Crippen LogP) is 7.23. The average Bonchev–Trinajstić information content (AvgIpc) is 2.92. The van der Waals surface area contributed by atoms with Gasteiger partial charge in [-0.1, -0.05) is 103 Å². The van der Waals surface area contributed by atoms with Gasteiger partial charge in [-0.15, -0.1) is 0 Å². The Balaban J connectivity index is 1.75. The Morgan fingerprint density at radius 3 is 1.40 bits per heavy atom. The molecular formula is C22H41NO2. The van der Waals surface area contributed by atoms with Crippen LogP contribution in [0.2, 0.25) is 0 Å². The molecule has 0 aliphatic rings. The number of H-pyrrole nitrogens is 1. The molecule has 3 N–H and O–H groups in total. The minimum Gasteiger partial charge on any atom is -0.495 e. The summed E-state index contributed by atoms with van der Waals surface area (Å²) in [5.74, 6) is 0.183. The first-order chi connectivity index (χ1) is 12.2. The fourth-order valence-corrected chi connectivity index (χ4v) is 3.53. The third-order valence-corrected chi connectivity index (χ3v) is 5.16. The van der Waals surface area contributed by atoms with E-state index < -0.39 is 0 Å². The van der Waals surface area contributed by atoms with Crippen molar-refractivity contribution in [3.8, 4) is 11.8 Å². The summed E-state index contributed by atoms with van der Waals surface area (Å²) in [5, 5.41) is 18.8. The summed E-state index contributed by atoms with van der Waals surface area (Å²) >= 11 is 0. The topological polar surface area (TPSA) is 56.2 Å². The lowest BCUT2D eigenvalue weighted by Gasteiger charge is -2.03. The van der Waals surface area contributed by atoms with Crippen LogP contribution in [-0.4, -0.2) is 15.2 Å². The molecule has 0 saturated heterocycles. The second kappa shape index (κ2) is 15.2. The molecule has 0 aromatic carbocycles. The van der Waals surface area contributed by atoms with Crippen molar-refractivity contribution < 1.29 is 10.2 Å². The van der Waals surface area contributed by atoms with Crippen molar-refractivity contribution in [3.63, 3.8) is 0 Å². The third kappa shape index (κ3) is 12.0. The van der Waals surface area contributed by atoms with Gasteiger partial charge in [0.05, 0.1) is 0 Å². The zero-order chi connectivity index (χ0) is 18.2. The molecule has 1 heterocycles. The molecule has 3 heteroatoms. The second-order valence-electron chi connectivity index (χ2n) is 7.58. The Bertz CT molecular complexity index is 414. The van der Waals surface area contributed by atoms with Crippen LogP contribution in [0.4, 0.5) is 0 Å². The maximum absolute atomic E-state index is 9.54. The van der Waals surface area contributed by atoms with Crippen LogP contribution in [0.5, 0.6) is 11.8 Å². The molecule has 0 radical (unpaired) electrons. The number of rotatable bonds is 17. The van der Waals surface area contributed by atoms with Gasteiger partial charge >= 0.3 is 0 Å². The monoisotopic (exact) mass is 351 g/mol. The van der Waals surface area contributed by atoms with Crippen LogP contribution in [-0.2, 0) is 6.42 Å². The van der Waals surface area contributed by atoms with E-state index in [2.05, 4.69) is 11.9 Å². The maximum Gasteiger partial charge on any atom is 0.194 e. The molecule has 0 aliphatic heterocycles. The first-order valence-electron chi connectivity index (χ1n) is 10.8. The Morgan fingerprint density at radius 1 is 0.640 bits per heavy atom. The number of nitrogens with one attached hydrogen (secondary N) is 1. The van der Waals surface area contributed by atoms with E-state index in [-0.39, 0.29) is 11.8 Å². The highest BCUT2D eigenvalue weighted by molar-refractivity contribution is 5.32. The molecule has 0 unspecified atom stereocenters. The molecule has 0 spiro atoms. The smallest absolute Gasteiger partial charge is 0.194 e. The van der Waals surface area contributed by atoms with Crippen molar-refractivity contribution in [2.75, 3.05) is 0 Å². The summed E-state index contributed by atoms with van der Waals surface area (Å²) in [4.78, 5) is 2.52. The molecular weight excluding hydrogens is 310 g/mol. The van der Waals surface area contributed by atoms with Crippen LogP contribution in [0.15, 0.2) is 6.07 Å². The molecule has 25 heavy (non-hydrogen) atoms. The van der Waals surface area contributed by atoms with E-state index >= 15 is 0 Å². The van der Waals surface area contributed by atoms with Crippen molar-refractivity contribution in [2.24, 2.45) is 0 Å². The van der Waals surface area contributed by atoms with Crippen LogP contribution < -0.4 is 0 Å². The van der Waals surface area contributed by atoms with E-state index in [1.54, 1.807) is 6.07 Å². The number of unbranched alkanes of at least 4 members (excludes halogenated alkanes) is 15. The van der Waals surface area contributed by atoms with Crippen LogP contribution in [0, 0.1) is 0 Å². The van der Waals surface area contributed by atoms with Crippen LogP contribution >= 0.6 is 0 Å². The molecule has 1 aromatic rings. The first kappa shape index (κ1) is 21.9. The number of aromatic hydroxyl groups is 2. The first-order valence-corrected chi connectivity index (χ1v) is 10.8. The van der Waals surface area contributed by atoms with E-state index in [0.717, 1.165) is 18.4 Å². The third-order valence-electron chi connectivity index (χ3n) is 5.16. The van der Waals surface area contributed by atoms with Gasteiger partial charge in [0.2, 0.25) is 0 Å². The minimum atomic E-state index is 0.0593. The number of hydrogen-bond donors (Lipinski definition) is 3. The number of aryl methyl sites for hydroxylation is 1. The van der Waals surface area contributed by atoms with E-state index in [9.17, 15) is 10.2 Å². The lowest BCUT2D eigenvalue weighted by Crippen LogP contribution is -1.86. The molecule has 0 saturated carbocycles. The van der Waals surface area contributed by atoms with Crippen molar-refractivity contribution in [1.29, 1.82) is 0 Å². The van der Waals surface area contributed by atoms with Gasteiger partial charge in [0, 0.05) is 11.6 Å². The van der Waals surface area contributed by atoms with Crippen molar-refractivity contribution in [2.45, 2.75) is 116 Å². The van der Waals surface area contributed by atoms with Crippen LogP contribution in [0.3, 0.4) is 0 Å². The average molecular weight is 352 g/mol. The largest absolute Gasteiger partial charge is 0.495 e. The summed E-state index contributed by atoms with van der Waals surface area (Å²) in [7, 11) is 0. The van der Waals surface area contributed by atoms with Crippen LogP contribution in [0.25, 0.3) is 0 Å². The highest BCUT2D eigenvalue weighted by atomic mass is 16.3. The summed E-state index contributed by atoms with van der Waals surface area (Å²) in [6.45, 7) is 2.28. The van der Waals surface area contributed by atoms with Crippen molar-refractivity contribution in [1.82, 2.24) is 4.98 Å². The lowest BCUT2D eigenvalue weighted by atomic mass is 10.0. The zero-order valence-corrected chi connectivity index (χ0v) is 16.5. The van der Waals surface area contributed by atoms with Crippen molar-refractivity contribution >= 4 is 0 Å². The van der Waals surface area contributed by atoms with Gasteiger partial charge in [-0.25, -0.2) is 0 Å². The van der Waals surface area contributed by atoms with E-state index in [0.29, 0.717) is 0 Å². The Hall–Kier alpha value is -1.12. The van der Waals surface area contributed by atoms with E-state index in [1.807, 2.05) is 0 Å². The van der Waals surface area contributed by atoms with Gasteiger partial charge in [0.1, 0.15) is 0 Å². The zero-order valence-electron chi connectivity index (χ0n) is 16.5. The molecule has 0 bridgehead atoms. The minimum absolute atomic E-state index is 0.0593. The van der Waals surface area contributed by atoms with Gasteiger partial charge in [-0.2, -0.15) is 0 Å². The molecule has 0 amide bonds. The summed E-state index contributed by atoms with van der Waals surface area (Å²) in [6.07, 6.45) is 22.8. The molecule has 0 aliphatic carbocycles. The lowest BCUT2D eigenvalue weighted by molar-refractivity contribution is 0.422. The molecule has 146 valence electrons. The van der Waals surface area contributed by atoms with Gasteiger partial charge in [-0.05, 0) is 12.8 Å². The second-order valence-corrected chi connectivity index (χ2v) is 7.58. The molecule has 1 rings (SSSR count). The van der Waals surface area contributed by atoms with Crippen LogP contribution in [0.1, 0.15) is 115 Å². The number of hydrogen-bond acceptors (Lipinski definition) is 2. The Labute approximate surface area is 155 Å². The predicted molar refractivity (Wildman–Crippen MR) is 107 cm³/mol. The quantitative estimate of drug-likeness (QED) is 0.259. The van der Waals surface area contributed by atoms with E-state index in [4.69, 9.17) is 0 Å². The SMILES string of the molecule is CCCCCCCCCCCCCCCCCCc1cc(O)[nH]c1O. The number of aromatic nitrogens is 1. The summed E-state index contributed by atoms with van der Waals surface area (Å²) in [5.41, 5.74) is 0.836. The highest BCUT2D eigenvalue weighted by Crippen LogP contribution is 2.23. The molecule has 0 atom stereocenters. The molecule has 0 fully saturated rings. The van der Waals surface area contributed by atoms with Crippen molar-refractivity contribution in [3.05, 3.63) is 11.6 Å². The fourth-order valence-electron chi connectivity index (χ4n) is 3.53. The standard InChI is InChI=1S/C22H41NO2/c1-2-3-4-5-6-7-8-9-10-11-12-13-14-15-16-17-18-20-19-21(24)23-22(20)25/h19,23-25H,2-18H2,1H3. The summed E-state index contributed by atoms with van der Waals surface area (Å²) in [6, 6.07) is 1.63. The molecule has 3 nitrogen and oxygen atoms in total. The number of aromatic amines is 1. The Kier molecular flexibility index (Phi) is 13.3. The Morgan fingerprint density at radius 2 is 1.04 bits per heavy atom. The maximum atomic E-state index is 9.54. The van der Waals surface area contributed by atoms with E-state index in [1.165, 1.54) is 96.3 Å². The van der Waals surface area contributed by atoms with Gasteiger partial charge in [0.15, 0.2) is 11.8 Å². The van der Waals surface area contributed by atoms with Gasteiger partial charge < -0.3 is 10.2 Å².